The molecule has 1 fully saturated rings. The summed E-state index contributed by atoms with van der Waals surface area (Å²) in [5.41, 5.74) is 0.566. The summed E-state index contributed by atoms with van der Waals surface area (Å²) in [6.45, 7) is 9.32. The average molecular weight is 571 g/mol. The lowest BCUT2D eigenvalue weighted by atomic mass is 10.0. The van der Waals surface area contributed by atoms with Gasteiger partial charge in [-0.05, 0) is 56.6 Å². The number of hydrogen-bond donors (Lipinski definition) is 3. The van der Waals surface area contributed by atoms with Crippen molar-refractivity contribution in [2.45, 2.75) is 84.5 Å². The van der Waals surface area contributed by atoms with E-state index >= 15 is 0 Å². The number of rotatable bonds is 10. The summed E-state index contributed by atoms with van der Waals surface area (Å²) in [5.74, 6) is -1.57. The largest absolute Gasteiger partial charge is 0.467 e. The van der Waals surface area contributed by atoms with Gasteiger partial charge in [-0.25, -0.2) is 9.59 Å². The molecular formula is C30H42N4O7. The van der Waals surface area contributed by atoms with E-state index in [4.69, 9.17) is 9.15 Å². The topological polar surface area (TPSA) is 147 Å². The molecule has 0 spiro atoms. The van der Waals surface area contributed by atoms with E-state index < -0.39 is 41.9 Å². The third-order valence-corrected chi connectivity index (χ3v) is 7.17. The summed E-state index contributed by atoms with van der Waals surface area (Å²) < 4.78 is 10.5. The van der Waals surface area contributed by atoms with Crippen molar-refractivity contribution in [1.29, 1.82) is 0 Å². The van der Waals surface area contributed by atoms with Gasteiger partial charge in [-0.3, -0.25) is 14.4 Å². The van der Waals surface area contributed by atoms with E-state index in [1.165, 1.54) is 12.0 Å². The van der Waals surface area contributed by atoms with Gasteiger partial charge in [0.15, 0.2) is 11.5 Å². The summed E-state index contributed by atoms with van der Waals surface area (Å²) in [5, 5.41) is 9.05. The highest BCUT2D eigenvalue weighted by Crippen LogP contribution is 2.20. The zero-order valence-corrected chi connectivity index (χ0v) is 24.7. The van der Waals surface area contributed by atoms with Crippen molar-refractivity contribution < 1.29 is 33.1 Å². The van der Waals surface area contributed by atoms with Gasteiger partial charge in [-0.1, -0.05) is 45.9 Å². The molecule has 1 aromatic heterocycles. The van der Waals surface area contributed by atoms with Crippen molar-refractivity contribution in [1.82, 2.24) is 20.9 Å². The molecule has 11 heteroatoms. The number of likely N-dealkylation sites (tertiary alicyclic amines) is 1. The fourth-order valence-corrected chi connectivity index (χ4v) is 4.94. The van der Waals surface area contributed by atoms with E-state index in [0.717, 1.165) is 5.39 Å². The number of nitrogens with one attached hydrogen (secondary N) is 3. The zero-order valence-electron chi connectivity index (χ0n) is 24.7. The second-order valence-electron chi connectivity index (χ2n) is 11.5. The maximum atomic E-state index is 13.3. The SMILES string of the molecule is COC(=O)C(CC(C)C)NC(=O)N1CC(=O)C(NC(=O)[C@H](CC(C)C)NC(=O)c2cc3ccccc3o2)CCC1C. The molecule has 224 valence electrons. The van der Waals surface area contributed by atoms with Gasteiger partial charge in [0, 0.05) is 11.4 Å². The molecule has 3 rings (SSSR count). The van der Waals surface area contributed by atoms with E-state index in [1.54, 1.807) is 18.2 Å². The number of ether oxygens (including phenoxy) is 1. The van der Waals surface area contributed by atoms with Crippen LogP contribution in [-0.4, -0.2) is 72.3 Å². The van der Waals surface area contributed by atoms with Crippen LogP contribution in [0.1, 0.15) is 70.9 Å². The van der Waals surface area contributed by atoms with Gasteiger partial charge in [-0.2, -0.15) is 0 Å². The Morgan fingerprint density at radius 2 is 1.66 bits per heavy atom. The minimum Gasteiger partial charge on any atom is -0.467 e. The maximum absolute atomic E-state index is 13.3. The van der Waals surface area contributed by atoms with E-state index in [9.17, 15) is 24.0 Å². The van der Waals surface area contributed by atoms with E-state index in [0.29, 0.717) is 31.3 Å². The molecule has 4 amide bonds. The summed E-state index contributed by atoms with van der Waals surface area (Å²) >= 11 is 0. The molecule has 0 saturated carbocycles. The van der Waals surface area contributed by atoms with Gasteiger partial charge in [0.1, 0.15) is 17.7 Å². The number of ketones is 1. The molecule has 1 aromatic carbocycles. The van der Waals surface area contributed by atoms with Crippen LogP contribution in [0.15, 0.2) is 34.7 Å². The second kappa shape index (κ2) is 14.1. The third-order valence-electron chi connectivity index (χ3n) is 7.17. The molecule has 0 bridgehead atoms. The monoisotopic (exact) mass is 570 g/mol. The number of furan rings is 1. The predicted molar refractivity (Wildman–Crippen MR) is 153 cm³/mol. The van der Waals surface area contributed by atoms with Gasteiger partial charge >= 0.3 is 12.0 Å². The van der Waals surface area contributed by atoms with Gasteiger partial charge in [0.05, 0.1) is 19.7 Å². The quantitative estimate of drug-likeness (QED) is 0.371. The number of para-hydroxylation sites is 1. The molecule has 1 saturated heterocycles. The number of urea groups is 1. The summed E-state index contributed by atoms with van der Waals surface area (Å²) in [7, 11) is 1.26. The normalized spacial score (nSPS) is 19.0. The Morgan fingerprint density at radius 3 is 2.29 bits per heavy atom. The Hall–Kier alpha value is -3.89. The number of Topliss-reactive ketones (excluding diaryl/α,β-unsaturated/α-hetero) is 1. The minimum atomic E-state index is -0.888. The molecule has 1 aliphatic rings. The number of hydrogen-bond acceptors (Lipinski definition) is 7. The Kier molecular flexibility index (Phi) is 10.9. The molecule has 3 N–H and O–H groups in total. The fraction of sp³-hybridized carbons (Fsp3) is 0.567. The Morgan fingerprint density at radius 1 is 1.00 bits per heavy atom. The number of fused-ring (bicyclic) bond motifs is 1. The van der Waals surface area contributed by atoms with Crippen LogP contribution >= 0.6 is 0 Å². The average Bonchev–Trinajstić information content (AvgIpc) is 3.30. The standard InChI is InChI=1S/C30H42N4O7/c1-17(2)13-22(32-28(37)26-15-20-9-7-8-10-25(20)41-26)27(36)31-21-12-11-19(5)34(16-24(21)35)30(39)33-23(14-18(3)4)29(38)40-6/h7-10,15,17-19,21-23H,11-14,16H2,1-6H3,(H,31,36)(H,32,37)(H,33,39)/t19?,21?,22-,23?/m0/s1. The molecule has 3 unspecified atom stereocenters. The molecule has 2 aromatic rings. The van der Waals surface area contributed by atoms with Crippen LogP contribution in [0, 0.1) is 11.8 Å². The lowest BCUT2D eigenvalue weighted by molar-refractivity contribution is -0.143. The van der Waals surface area contributed by atoms with Crippen LogP contribution in [0.5, 0.6) is 0 Å². The van der Waals surface area contributed by atoms with Gasteiger partial charge in [0.25, 0.3) is 5.91 Å². The smallest absolute Gasteiger partial charge is 0.328 e. The van der Waals surface area contributed by atoms with Crippen LogP contribution < -0.4 is 16.0 Å². The molecule has 1 aliphatic heterocycles. The highest BCUT2D eigenvalue weighted by molar-refractivity contribution is 6.00. The minimum absolute atomic E-state index is 0.0827. The molecular weight excluding hydrogens is 528 g/mol. The number of carbonyl (C=O) groups excluding carboxylic acids is 5. The van der Waals surface area contributed by atoms with Crippen molar-refractivity contribution in [2.75, 3.05) is 13.7 Å². The molecule has 0 radical (unpaired) electrons. The maximum Gasteiger partial charge on any atom is 0.328 e. The summed E-state index contributed by atoms with van der Waals surface area (Å²) in [4.78, 5) is 66.2. The van der Waals surface area contributed by atoms with Crippen LogP contribution in [0.2, 0.25) is 0 Å². The van der Waals surface area contributed by atoms with Crippen molar-refractivity contribution in [2.24, 2.45) is 11.8 Å². The third kappa shape index (κ3) is 8.55. The van der Waals surface area contributed by atoms with Crippen LogP contribution in [0.3, 0.4) is 0 Å². The van der Waals surface area contributed by atoms with E-state index in [1.807, 2.05) is 46.8 Å². The van der Waals surface area contributed by atoms with Crippen LogP contribution in [-0.2, 0) is 19.1 Å². The lowest BCUT2D eigenvalue weighted by Crippen LogP contribution is -2.54. The van der Waals surface area contributed by atoms with Gasteiger partial charge < -0.3 is 30.0 Å². The zero-order chi connectivity index (χ0) is 30.3. The molecule has 41 heavy (non-hydrogen) atoms. The van der Waals surface area contributed by atoms with Crippen molar-refractivity contribution in [3.05, 3.63) is 36.1 Å². The number of nitrogens with zero attached hydrogens (tertiary/aromatic N) is 1. The number of benzene rings is 1. The number of esters is 1. The fourth-order valence-electron chi connectivity index (χ4n) is 4.94. The summed E-state index contributed by atoms with van der Waals surface area (Å²) in [6.07, 6.45) is 1.53. The number of methoxy groups -OCH3 is 1. The first-order valence-electron chi connectivity index (χ1n) is 14.2. The van der Waals surface area contributed by atoms with Crippen molar-refractivity contribution >= 4 is 40.6 Å². The van der Waals surface area contributed by atoms with Gasteiger partial charge in [0.2, 0.25) is 5.91 Å². The molecule has 4 atom stereocenters. The highest BCUT2D eigenvalue weighted by atomic mass is 16.5. The Bertz CT molecular complexity index is 1220. The van der Waals surface area contributed by atoms with Crippen LogP contribution in [0.4, 0.5) is 4.79 Å². The van der Waals surface area contributed by atoms with Crippen LogP contribution in [0.25, 0.3) is 11.0 Å². The number of carbonyl (C=O) groups is 5. The van der Waals surface area contributed by atoms with Crippen molar-refractivity contribution in [3.8, 4) is 0 Å². The second-order valence-corrected chi connectivity index (χ2v) is 11.5. The highest BCUT2D eigenvalue weighted by Gasteiger charge is 2.35. The van der Waals surface area contributed by atoms with Gasteiger partial charge in [-0.15, -0.1) is 0 Å². The predicted octanol–water partition coefficient (Wildman–Crippen LogP) is 3.41. The van der Waals surface area contributed by atoms with E-state index in [-0.39, 0.29) is 36.0 Å². The molecule has 11 nitrogen and oxygen atoms in total. The number of amides is 4. The Labute approximate surface area is 240 Å². The first kappa shape index (κ1) is 31.6. The lowest BCUT2D eigenvalue weighted by Gasteiger charge is -2.29. The first-order chi connectivity index (χ1) is 19.4. The first-order valence-corrected chi connectivity index (χ1v) is 14.2. The van der Waals surface area contributed by atoms with Crippen molar-refractivity contribution in [3.63, 3.8) is 0 Å². The summed E-state index contributed by atoms with van der Waals surface area (Å²) in [6, 6.07) is 5.46. The molecule has 2 heterocycles. The molecule has 0 aliphatic carbocycles. The Balaban J connectivity index is 1.67. The van der Waals surface area contributed by atoms with E-state index in [2.05, 4.69) is 16.0 Å².